The molecule has 0 radical (unpaired) electrons. The highest BCUT2D eigenvalue weighted by Crippen LogP contribution is 2.16. The second-order valence-corrected chi connectivity index (χ2v) is 3.57. The predicted molar refractivity (Wildman–Crippen MR) is 61.1 cm³/mol. The molecule has 2 aromatic rings. The van der Waals surface area contributed by atoms with E-state index >= 15 is 0 Å². The van der Waals surface area contributed by atoms with E-state index in [4.69, 9.17) is 4.74 Å². The average molecular weight is 233 g/mol. The lowest BCUT2D eigenvalue weighted by molar-refractivity contribution is 0.107. The van der Waals surface area contributed by atoms with Gasteiger partial charge in [-0.2, -0.15) is 0 Å². The summed E-state index contributed by atoms with van der Waals surface area (Å²) in [7, 11) is 0. The second kappa shape index (κ2) is 5.41. The molecule has 1 unspecified atom stereocenters. The Morgan fingerprint density at radius 3 is 2.88 bits per heavy atom. The highest BCUT2D eigenvalue weighted by atomic mass is 19.1. The molecule has 0 spiro atoms. The number of hydrogen-bond acceptors (Lipinski definition) is 3. The number of benzene rings is 1. The molecule has 1 aromatic carbocycles. The predicted octanol–water partition coefficient (Wildman–Crippen LogP) is 2.33. The fraction of sp³-hybridized carbons (Fsp3) is 0.154. The number of nitrogens with zero attached hydrogens (tertiary/aromatic N) is 1. The molecule has 0 bridgehead atoms. The van der Waals surface area contributed by atoms with Crippen LogP contribution in [0.2, 0.25) is 0 Å². The van der Waals surface area contributed by atoms with E-state index in [1.807, 2.05) is 0 Å². The Bertz CT molecular complexity index is 476. The van der Waals surface area contributed by atoms with Gasteiger partial charge in [-0.3, -0.25) is 4.98 Å². The van der Waals surface area contributed by atoms with Gasteiger partial charge < -0.3 is 9.84 Å². The third kappa shape index (κ3) is 3.26. The molecule has 1 atom stereocenters. The van der Waals surface area contributed by atoms with Crippen LogP contribution in [-0.4, -0.2) is 16.7 Å². The summed E-state index contributed by atoms with van der Waals surface area (Å²) < 4.78 is 18.1. The first kappa shape index (κ1) is 11.5. The molecule has 17 heavy (non-hydrogen) atoms. The maximum Gasteiger partial charge on any atom is 0.126 e. The monoisotopic (exact) mass is 233 g/mol. The van der Waals surface area contributed by atoms with Crippen LogP contribution in [0.5, 0.6) is 5.75 Å². The van der Waals surface area contributed by atoms with Gasteiger partial charge in [-0.05, 0) is 18.2 Å². The normalized spacial score (nSPS) is 12.1. The SMILES string of the molecule is OC(COc1cccc(F)c1)c1cccnc1. The molecule has 1 heterocycles. The number of ether oxygens (including phenoxy) is 1. The molecule has 0 amide bonds. The summed E-state index contributed by atoms with van der Waals surface area (Å²) in [6.07, 6.45) is 2.43. The number of aromatic nitrogens is 1. The van der Waals surface area contributed by atoms with Gasteiger partial charge in [0, 0.05) is 24.0 Å². The summed E-state index contributed by atoms with van der Waals surface area (Å²) in [5.41, 5.74) is 0.670. The topological polar surface area (TPSA) is 42.4 Å². The zero-order chi connectivity index (χ0) is 12.1. The Morgan fingerprint density at radius 2 is 2.18 bits per heavy atom. The Balaban J connectivity index is 1.95. The van der Waals surface area contributed by atoms with E-state index in [0.717, 1.165) is 0 Å². The number of aliphatic hydroxyl groups excluding tert-OH is 1. The molecule has 3 nitrogen and oxygen atoms in total. The van der Waals surface area contributed by atoms with E-state index in [0.29, 0.717) is 11.3 Å². The van der Waals surface area contributed by atoms with Crippen molar-refractivity contribution in [3.05, 3.63) is 60.2 Å². The molecule has 0 saturated heterocycles. The first-order valence-corrected chi connectivity index (χ1v) is 5.22. The van der Waals surface area contributed by atoms with E-state index in [-0.39, 0.29) is 12.4 Å². The minimum absolute atomic E-state index is 0.0646. The van der Waals surface area contributed by atoms with E-state index in [1.54, 1.807) is 36.7 Å². The molecule has 0 saturated carbocycles. The molecular weight excluding hydrogens is 221 g/mol. The minimum atomic E-state index is -0.771. The van der Waals surface area contributed by atoms with Crippen molar-refractivity contribution in [2.24, 2.45) is 0 Å². The van der Waals surface area contributed by atoms with Gasteiger partial charge in [0.2, 0.25) is 0 Å². The van der Waals surface area contributed by atoms with Crippen molar-refractivity contribution in [1.29, 1.82) is 0 Å². The van der Waals surface area contributed by atoms with E-state index < -0.39 is 6.10 Å². The van der Waals surface area contributed by atoms with Crippen molar-refractivity contribution in [3.8, 4) is 5.75 Å². The van der Waals surface area contributed by atoms with Gasteiger partial charge >= 0.3 is 0 Å². The lowest BCUT2D eigenvalue weighted by atomic mass is 10.2. The number of halogens is 1. The van der Waals surface area contributed by atoms with Gasteiger partial charge in [0.25, 0.3) is 0 Å². The number of hydrogen-bond donors (Lipinski definition) is 1. The van der Waals surface area contributed by atoms with Crippen molar-refractivity contribution in [2.45, 2.75) is 6.10 Å². The first-order valence-electron chi connectivity index (χ1n) is 5.22. The Labute approximate surface area is 98.5 Å². The molecule has 0 aliphatic heterocycles. The Morgan fingerprint density at radius 1 is 1.29 bits per heavy atom. The molecule has 1 aromatic heterocycles. The number of aliphatic hydroxyl groups is 1. The fourth-order valence-electron chi connectivity index (χ4n) is 1.40. The Hall–Kier alpha value is -1.94. The van der Waals surface area contributed by atoms with Crippen LogP contribution in [0.3, 0.4) is 0 Å². The largest absolute Gasteiger partial charge is 0.490 e. The maximum absolute atomic E-state index is 12.9. The zero-order valence-corrected chi connectivity index (χ0v) is 9.08. The second-order valence-electron chi connectivity index (χ2n) is 3.57. The molecule has 0 aliphatic carbocycles. The molecular formula is C13H12FNO2. The first-order chi connectivity index (χ1) is 8.25. The molecule has 1 N–H and O–H groups in total. The summed E-state index contributed by atoms with van der Waals surface area (Å²) in [6, 6.07) is 9.30. The quantitative estimate of drug-likeness (QED) is 0.881. The fourth-order valence-corrected chi connectivity index (χ4v) is 1.40. The zero-order valence-electron chi connectivity index (χ0n) is 9.08. The van der Waals surface area contributed by atoms with E-state index in [1.165, 1.54) is 12.1 Å². The van der Waals surface area contributed by atoms with Gasteiger partial charge in [0.15, 0.2) is 0 Å². The molecule has 88 valence electrons. The van der Waals surface area contributed by atoms with Crippen LogP contribution in [-0.2, 0) is 0 Å². The number of pyridine rings is 1. The van der Waals surface area contributed by atoms with Crippen molar-refractivity contribution >= 4 is 0 Å². The highest BCUT2D eigenvalue weighted by molar-refractivity contribution is 5.22. The van der Waals surface area contributed by atoms with Crippen LogP contribution in [0, 0.1) is 5.82 Å². The third-order valence-electron chi connectivity index (χ3n) is 2.27. The molecule has 0 fully saturated rings. The lowest BCUT2D eigenvalue weighted by Gasteiger charge is -2.12. The smallest absolute Gasteiger partial charge is 0.126 e. The average Bonchev–Trinajstić information content (AvgIpc) is 2.37. The van der Waals surface area contributed by atoms with Crippen molar-refractivity contribution < 1.29 is 14.2 Å². The van der Waals surface area contributed by atoms with Crippen LogP contribution >= 0.6 is 0 Å². The van der Waals surface area contributed by atoms with Crippen LogP contribution in [0.25, 0.3) is 0 Å². The summed E-state index contributed by atoms with van der Waals surface area (Å²) in [6.45, 7) is 0.0646. The van der Waals surface area contributed by atoms with Gasteiger partial charge in [0.1, 0.15) is 24.3 Å². The standard InChI is InChI=1S/C13H12FNO2/c14-11-4-1-5-12(7-11)17-9-13(16)10-3-2-6-15-8-10/h1-8,13,16H,9H2. The van der Waals surface area contributed by atoms with Crippen LogP contribution in [0.15, 0.2) is 48.8 Å². The Kier molecular flexibility index (Phi) is 3.67. The van der Waals surface area contributed by atoms with Gasteiger partial charge in [-0.25, -0.2) is 4.39 Å². The maximum atomic E-state index is 12.9. The molecule has 0 aliphatic rings. The molecule has 2 rings (SSSR count). The van der Waals surface area contributed by atoms with Crippen LogP contribution in [0.4, 0.5) is 4.39 Å². The van der Waals surface area contributed by atoms with Crippen molar-refractivity contribution in [1.82, 2.24) is 4.98 Å². The summed E-state index contributed by atoms with van der Waals surface area (Å²) in [5.74, 6) is 0.0336. The number of rotatable bonds is 4. The van der Waals surface area contributed by atoms with Gasteiger partial charge in [-0.1, -0.05) is 12.1 Å². The lowest BCUT2D eigenvalue weighted by Crippen LogP contribution is -2.09. The summed E-state index contributed by atoms with van der Waals surface area (Å²) in [4.78, 5) is 3.90. The minimum Gasteiger partial charge on any atom is -0.490 e. The highest BCUT2D eigenvalue weighted by Gasteiger charge is 2.08. The third-order valence-corrected chi connectivity index (χ3v) is 2.27. The van der Waals surface area contributed by atoms with Gasteiger partial charge in [-0.15, -0.1) is 0 Å². The van der Waals surface area contributed by atoms with E-state index in [9.17, 15) is 9.50 Å². The summed E-state index contributed by atoms with van der Waals surface area (Å²) in [5, 5.41) is 9.79. The van der Waals surface area contributed by atoms with Crippen LogP contribution in [0.1, 0.15) is 11.7 Å². The van der Waals surface area contributed by atoms with Gasteiger partial charge in [0.05, 0.1) is 0 Å². The van der Waals surface area contributed by atoms with E-state index in [2.05, 4.69) is 4.98 Å². The van der Waals surface area contributed by atoms with Crippen molar-refractivity contribution in [3.63, 3.8) is 0 Å². The van der Waals surface area contributed by atoms with Crippen LogP contribution < -0.4 is 4.74 Å². The summed E-state index contributed by atoms with van der Waals surface area (Å²) >= 11 is 0. The van der Waals surface area contributed by atoms with Crippen molar-refractivity contribution in [2.75, 3.05) is 6.61 Å². The molecule has 4 heteroatoms.